The molecule has 0 N–H and O–H groups in total. The molecule has 116 valence electrons. The van der Waals surface area contributed by atoms with E-state index in [0.717, 1.165) is 0 Å². The predicted octanol–water partition coefficient (Wildman–Crippen LogP) is 5.96. The standard InChI is InChI=1S/6C3H5.O.2Sn/c6*1-3-2;;;/h6*3H,1-2H2;;;/q;;;;;;-2;2*+1. The first kappa shape index (κ1) is 25.9. The van der Waals surface area contributed by atoms with Gasteiger partial charge in [-0.15, -0.1) is 0 Å². The summed E-state index contributed by atoms with van der Waals surface area (Å²) in [5.41, 5.74) is 0. The van der Waals surface area contributed by atoms with Crippen molar-refractivity contribution in [2.24, 2.45) is 0 Å². The van der Waals surface area contributed by atoms with Gasteiger partial charge in [0.1, 0.15) is 0 Å². The van der Waals surface area contributed by atoms with E-state index in [-0.39, 0.29) is 5.48 Å². The quantitative estimate of drug-likeness (QED) is 0.234. The van der Waals surface area contributed by atoms with Crippen LogP contribution in [-0.4, -0.2) is 39.5 Å². The molecule has 0 saturated heterocycles. The van der Waals surface area contributed by atoms with Crippen molar-refractivity contribution in [2.75, 3.05) is 0 Å². The molecule has 0 aromatic carbocycles. The molecule has 0 rings (SSSR count). The van der Waals surface area contributed by atoms with Gasteiger partial charge in [0.2, 0.25) is 0 Å². The smallest absolute Gasteiger partial charge is 2.00 e. The summed E-state index contributed by atoms with van der Waals surface area (Å²) < 4.78 is 7.58. The molecule has 0 unspecified atom stereocenters. The molecular weight excluding hydrogens is 470 g/mol. The summed E-state index contributed by atoms with van der Waals surface area (Å²) in [6.45, 7) is 22.5. The van der Waals surface area contributed by atoms with Crippen molar-refractivity contribution in [3.8, 4) is 0 Å². The van der Waals surface area contributed by atoms with E-state index >= 15 is 0 Å². The molecule has 1 nitrogen and oxygen atoms in total. The summed E-state index contributed by atoms with van der Waals surface area (Å²) in [6.07, 6.45) is 12.3. The zero-order valence-corrected chi connectivity index (χ0v) is 19.1. The minimum atomic E-state index is -1.11. The number of hydrogen-bond acceptors (Lipinski definition) is 0. The van der Waals surface area contributed by atoms with Gasteiger partial charge in [-0.1, -0.05) is 0 Å². The zero-order valence-electron chi connectivity index (χ0n) is 13.4. The molecule has 0 amide bonds. The van der Waals surface area contributed by atoms with Crippen LogP contribution in [0, 0.1) is 0 Å². The summed E-state index contributed by atoms with van der Waals surface area (Å²) in [5, 5.41) is 0. The molecule has 0 radical (unpaired) electrons. The summed E-state index contributed by atoms with van der Waals surface area (Å²) in [7, 11) is 0. The van der Waals surface area contributed by atoms with Crippen LogP contribution in [-0.2, 0) is 5.48 Å². The van der Waals surface area contributed by atoms with Gasteiger partial charge in [-0.05, 0) is 0 Å². The second kappa shape index (κ2) is 22.3. The molecule has 0 saturated carbocycles. The van der Waals surface area contributed by atoms with Crippen LogP contribution in [0.4, 0.5) is 0 Å². The van der Waals surface area contributed by atoms with Gasteiger partial charge in [0.05, 0.1) is 0 Å². The van der Waals surface area contributed by atoms with Crippen molar-refractivity contribution in [3.05, 3.63) is 75.9 Å². The van der Waals surface area contributed by atoms with Crippen LogP contribution in [0.25, 0.3) is 0 Å². The van der Waals surface area contributed by atoms with E-state index in [1.54, 1.807) is 0 Å². The van der Waals surface area contributed by atoms with E-state index in [9.17, 15) is 0 Å². The molecule has 0 aromatic rings. The minimum absolute atomic E-state index is 0. The largest absolute Gasteiger partial charge is 2.00 e. The molecule has 0 bridgehead atoms. The van der Waals surface area contributed by atoms with Crippen molar-refractivity contribution in [1.29, 1.82) is 0 Å². The molecule has 0 aliphatic heterocycles. The van der Waals surface area contributed by atoms with Crippen molar-refractivity contribution in [2.45, 2.75) is 26.6 Å². The summed E-state index contributed by atoms with van der Waals surface area (Å²) in [5.74, 6) is 0. The molecule has 0 fully saturated rings. The average molecular weight is 500 g/mol. The molecule has 0 spiro atoms. The van der Waals surface area contributed by atoms with E-state index in [2.05, 4.69) is 39.5 Å². The van der Waals surface area contributed by atoms with Crippen LogP contribution in [0.3, 0.4) is 0 Å². The molecular formula is C18H30OSn2. The van der Waals surface area contributed by atoms with Crippen molar-refractivity contribution in [3.63, 3.8) is 0 Å². The predicted molar refractivity (Wildman–Crippen MR) is 102 cm³/mol. The fourth-order valence-electron chi connectivity index (χ4n) is 1.72. The second-order valence-corrected chi connectivity index (χ2v) is 20.0. The van der Waals surface area contributed by atoms with Gasteiger partial charge in [-0.3, -0.25) is 0 Å². The van der Waals surface area contributed by atoms with E-state index in [0.29, 0.717) is 0 Å². The van der Waals surface area contributed by atoms with Crippen LogP contribution >= 0.6 is 0 Å². The fraction of sp³-hybridized carbons (Fsp3) is 0.333. The molecule has 0 aliphatic carbocycles. The maximum atomic E-state index is 3.75. The van der Waals surface area contributed by atoms with Gasteiger partial charge in [0, 0.05) is 0 Å². The van der Waals surface area contributed by atoms with Gasteiger partial charge in [0.25, 0.3) is 0 Å². The molecule has 3 heteroatoms. The maximum absolute atomic E-state index is 3.75. The van der Waals surface area contributed by atoms with Crippen molar-refractivity contribution < 1.29 is 5.48 Å². The first-order valence-corrected chi connectivity index (χ1v) is 19.1. The Morgan fingerprint density at radius 3 is 0.667 bits per heavy atom. The van der Waals surface area contributed by atoms with Crippen LogP contribution in [0.1, 0.15) is 0 Å². The Balaban J connectivity index is -0.000000295. The molecule has 0 heterocycles. The minimum Gasteiger partial charge on any atom is -2.00 e. The van der Waals surface area contributed by atoms with E-state index in [1.807, 2.05) is 36.5 Å². The Labute approximate surface area is 146 Å². The monoisotopic (exact) mass is 502 g/mol. The van der Waals surface area contributed by atoms with E-state index in [1.165, 1.54) is 26.6 Å². The molecule has 0 atom stereocenters. The van der Waals surface area contributed by atoms with Crippen molar-refractivity contribution in [1.82, 2.24) is 0 Å². The third-order valence-electron chi connectivity index (χ3n) is 2.60. The van der Waals surface area contributed by atoms with E-state index in [4.69, 9.17) is 0 Å². The first-order valence-electron chi connectivity index (χ1n) is 7.02. The van der Waals surface area contributed by atoms with Gasteiger partial charge in [-0.2, -0.15) is 0 Å². The van der Waals surface area contributed by atoms with Crippen LogP contribution < -0.4 is 0 Å². The second-order valence-electron chi connectivity index (χ2n) is 4.46. The summed E-state index contributed by atoms with van der Waals surface area (Å²) in [6, 6.07) is 0. The Bertz CT molecular complexity index is 220. The number of allylic oxidation sites excluding steroid dienone is 6. The third-order valence-corrected chi connectivity index (χ3v) is 17.4. The first-order chi connectivity index (χ1) is 9.69. The van der Waals surface area contributed by atoms with Gasteiger partial charge < -0.3 is 5.48 Å². The Morgan fingerprint density at radius 2 is 0.571 bits per heavy atom. The van der Waals surface area contributed by atoms with Crippen LogP contribution in [0.5, 0.6) is 0 Å². The van der Waals surface area contributed by atoms with Gasteiger partial charge in [-0.25, -0.2) is 0 Å². The Morgan fingerprint density at radius 1 is 0.429 bits per heavy atom. The Kier molecular flexibility index (Phi) is 27.5. The SMILES string of the molecule is C=C[CH2][Sn+]([CH2]C=C)[CH2]C=C.C=C[CH2][Sn+]([CH2]C=C)[CH2]C=C.[O-2]. The van der Waals surface area contributed by atoms with Gasteiger partial charge >= 0.3 is 142 Å². The normalized spacial score (nSPS) is 8.00. The van der Waals surface area contributed by atoms with Crippen LogP contribution in [0.2, 0.25) is 26.6 Å². The Hall–Kier alpha value is -0.00260. The van der Waals surface area contributed by atoms with Crippen molar-refractivity contribution >= 4 is 39.5 Å². The van der Waals surface area contributed by atoms with Crippen LogP contribution in [0.15, 0.2) is 75.9 Å². The fourth-order valence-corrected chi connectivity index (χ4v) is 11.6. The third kappa shape index (κ3) is 20.0. The summed E-state index contributed by atoms with van der Waals surface area (Å²) >= 11 is -2.23. The average Bonchev–Trinajstić information content (AvgIpc) is 2.41. The topological polar surface area (TPSA) is 28.5 Å². The van der Waals surface area contributed by atoms with Gasteiger partial charge in [0.15, 0.2) is 0 Å². The number of rotatable bonds is 12. The molecule has 0 aromatic heterocycles. The van der Waals surface area contributed by atoms with E-state index < -0.39 is 39.5 Å². The molecule has 21 heavy (non-hydrogen) atoms. The zero-order chi connectivity index (χ0) is 15.6. The number of hydrogen-bond donors (Lipinski definition) is 0. The molecule has 0 aliphatic rings. The summed E-state index contributed by atoms with van der Waals surface area (Å²) in [4.78, 5) is 0. The maximum Gasteiger partial charge on any atom is -2.00 e.